The summed E-state index contributed by atoms with van der Waals surface area (Å²) in [5, 5.41) is 0.0383. The molecule has 1 N–H and O–H groups in total. The molecular formula is C10H14N2O3SSi2. The number of nitrogens with zero attached hydrogens (tertiary/aromatic N) is 1. The Bertz CT molecular complexity index is 416. The number of fused-ring (bicyclic) bond motifs is 1. The quantitative estimate of drug-likeness (QED) is 0.585. The summed E-state index contributed by atoms with van der Waals surface area (Å²) in [6.45, 7) is 5.68. The molecule has 2 aliphatic heterocycles. The maximum Gasteiger partial charge on any atom is 0.341 e. The van der Waals surface area contributed by atoms with Crippen LogP contribution in [0.4, 0.5) is 0 Å². The van der Waals surface area contributed by atoms with Gasteiger partial charge in [0.2, 0.25) is 5.91 Å². The van der Waals surface area contributed by atoms with Gasteiger partial charge in [0.15, 0.2) is 0 Å². The summed E-state index contributed by atoms with van der Waals surface area (Å²) in [7, 11) is 0.627. The molecule has 1 saturated heterocycles. The first kappa shape index (κ1) is 13.8. The summed E-state index contributed by atoms with van der Waals surface area (Å²) in [6, 6.07) is -0.154. The molecule has 2 rings (SSSR count). The van der Waals surface area contributed by atoms with Crippen molar-refractivity contribution in [3.63, 3.8) is 0 Å². The van der Waals surface area contributed by atoms with E-state index < -0.39 is 0 Å². The smallest absolute Gasteiger partial charge is 0.341 e. The van der Waals surface area contributed by atoms with Crippen molar-refractivity contribution in [3.8, 4) is 0 Å². The lowest BCUT2D eigenvalue weighted by molar-refractivity contribution is -0.147. The number of nitrogens with one attached hydrogen (secondary N) is 1. The van der Waals surface area contributed by atoms with E-state index in [1.807, 2.05) is 13.5 Å². The molecule has 5 nitrogen and oxygen atoms in total. The molecule has 0 aliphatic carbocycles. The predicted molar refractivity (Wildman–Crippen MR) is 72.0 cm³/mol. The van der Waals surface area contributed by atoms with Crippen molar-refractivity contribution in [2.24, 2.45) is 0 Å². The van der Waals surface area contributed by atoms with E-state index >= 15 is 0 Å². The highest BCUT2D eigenvalue weighted by Gasteiger charge is 2.52. The highest BCUT2D eigenvalue weighted by Crippen LogP contribution is 2.40. The van der Waals surface area contributed by atoms with E-state index in [4.69, 9.17) is 4.43 Å². The van der Waals surface area contributed by atoms with Crippen molar-refractivity contribution in [2.45, 2.75) is 31.4 Å². The zero-order chi connectivity index (χ0) is 13.3. The molecule has 1 amide bonds. The van der Waals surface area contributed by atoms with Gasteiger partial charge >= 0.3 is 15.7 Å². The van der Waals surface area contributed by atoms with Gasteiger partial charge in [-0.2, -0.15) is 0 Å². The number of hydrogen-bond acceptors (Lipinski definition) is 5. The van der Waals surface area contributed by atoms with Gasteiger partial charge in [-0.05, 0) is 19.0 Å². The van der Waals surface area contributed by atoms with Gasteiger partial charge in [-0.15, -0.1) is 11.8 Å². The number of amides is 1. The Hall–Kier alpha value is -0.576. The maximum absolute atomic E-state index is 12.1. The van der Waals surface area contributed by atoms with E-state index in [0.29, 0.717) is 15.4 Å². The van der Waals surface area contributed by atoms with Crippen LogP contribution in [0.3, 0.4) is 0 Å². The van der Waals surface area contributed by atoms with Crippen molar-refractivity contribution in [2.75, 3.05) is 5.75 Å². The molecule has 0 saturated carbocycles. The minimum Gasteiger partial charge on any atom is -0.512 e. The number of β-lactam (4-membered cyclic amide) rings is 1. The van der Waals surface area contributed by atoms with Crippen LogP contribution in [0.5, 0.6) is 0 Å². The molecule has 96 valence electrons. The first-order valence-electron chi connectivity index (χ1n) is 5.56. The third-order valence-corrected chi connectivity index (χ3v) is 5.26. The average Bonchev–Trinajstić information content (AvgIpc) is 2.35. The van der Waals surface area contributed by atoms with E-state index in [1.165, 1.54) is 0 Å². The van der Waals surface area contributed by atoms with Crippen molar-refractivity contribution in [3.05, 3.63) is 11.3 Å². The summed E-state index contributed by atoms with van der Waals surface area (Å²) in [5.41, 5.74) is 1.38. The van der Waals surface area contributed by atoms with Crippen LogP contribution in [-0.4, -0.2) is 53.4 Å². The fraction of sp³-hybridized carbons (Fsp3) is 0.600. The van der Waals surface area contributed by atoms with Crippen LogP contribution in [0, 0.1) is 0 Å². The second-order valence-electron chi connectivity index (χ2n) is 4.00. The second kappa shape index (κ2) is 5.60. The number of carbonyl (C=O) groups excluding carboxylic acids is 2. The molecule has 8 heteroatoms. The topological polar surface area (TPSA) is 58.6 Å². The first-order chi connectivity index (χ1) is 8.61. The lowest BCUT2D eigenvalue weighted by Crippen LogP contribution is -2.70. The fourth-order valence-electron chi connectivity index (χ4n) is 2.06. The lowest BCUT2D eigenvalue weighted by Gasteiger charge is -2.49. The van der Waals surface area contributed by atoms with E-state index in [0.717, 1.165) is 11.3 Å². The highest BCUT2D eigenvalue weighted by molar-refractivity contribution is 8.00. The van der Waals surface area contributed by atoms with Crippen LogP contribution in [0.1, 0.15) is 6.92 Å². The predicted octanol–water partition coefficient (Wildman–Crippen LogP) is 0.0115. The molecule has 2 aliphatic rings. The Morgan fingerprint density at radius 2 is 2.28 bits per heavy atom. The maximum atomic E-state index is 12.1. The third kappa shape index (κ3) is 2.17. The Morgan fingerprint density at radius 1 is 1.56 bits per heavy atom. The van der Waals surface area contributed by atoms with Crippen molar-refractivity contribution in [1.29, 1.82) is 0 Å². The Morgan fingerprint density at radius 3 is 2.89 bits per heavy atom. The van der Waals surface area contributed by atoms with Crippen LogP contribution >= 0.6 is 11.8 Å². The standard InChI is InChI=1S/C10H14N2O3SSi2/c1-5-4-16-9-6(11-17-2)8(13)12(9)7(5)10(14)15-18-3/h6,9,11H,4H2,1-3H3. The summed E-state index contributed by atoms with van der Waals surface area (Å²) in [6.07, 6.45) is 0. The minimum atomic E-state index is -0.371. The normalized spacial score (nSPS) is 26.8. The van der Waals surface area contributed by atoms with Gasteiger partial charge in [0.25, 0.3) is 0 Å². The summed E-state index contributed by atoms with van der Waals surface area (Å²) in [4.78, 5) is 28.7. The molecule has 2 unspecified atom stereocenters. The molecule has 0 aromatic rings. The minimum absolute atomic E-state index is 0.0210. The van der Waals surface area contributed by atoms with Gasteiger partial charge in [0, 0.05) is 5.75 Å². The van der Waals surface area contributed by atoms with Crippen molar-refractivity contribution in [1.82, 2.24) is 9.88 Å². The van der Waals surface area contributed by atoms with Crippen molar-refractivity contribution >= 4 is 43.1 Å². The number of hydrogen-bond donors (Lipinski definition) is 1. The van der Waals surface area contributed by atoms with Crippen LogP contribution in [0.25, 0.3) is 0 Å². The number of thioether (sulfide) groups is 1. The van der Waals surface area contributed by atoms with Crippen LogP contribution in [-0.2, 0) is 14.0 Å². The fourth-order valence-corrected chi connectivity index (χ4v) is 4.35. The van der Waals surface area contributed by atoms with Gasteiger partial charge in [-0.3, -0.25) is 9.69 Å². The Labute approximate surface area is 116 Å². The molecule has 2 heterocycles. The summed E-state index contributed by atoms with van der Waals surface area (Å²) in [5.74, 6) is 0.383. The summed E-state index contributed by atoms with van der Waals surface area (Å²) < 4.78 is 5.06. The molecule has 0 spiro atoms. The molecule has 0 aromatic carbocycles. The zero-order valence-corrected chi connectivity index (χ0v) is 13.3. The van der Waals surface area contributed by atoms with Gasteiger partial charge in [-0.1, -0.05) is 6.55 Å². The van der Waals surface area contributed by atoms with Crippen LogP contribution in [0.2, 0.25) is 13.1 Å². The highest BCUT2D eigenvalue weighted by atomic mass is 32.2. The first-order valence-corrected chi connectivity index (χ1v) is 9.52. The van der Waals surface area contributed by atoms with Crippen LogP contribution in [0.15, 0.2) is 11.3 Å². The van der Waals surface area contributed by atoms with E-state index in [2.05, 4.69) is 4.98 Å². The van der Waals surface area contributed by atoms with Gasteiger partial charge < -0.3 is 9.41 Å². The zero-order valence-electron chi connectivity index (χ0n) is 10.4. The average molecular weight is 298 g/mol. The van der Waals surface area contributed by atoms with E-state index in [9.17, 15) is 9.59 Å². The van der Waals surface area contributed by atoms with Gasteiger partial charge in [0.1, 0.15) is 26.8 Å². The molecule has 0 bridgehead atoms. The lowest BCUT2D eigenvalue weighted by atomic mass is 10.0. The van der Waals surface area contributed by atoms with Gasteiger partial charge in [-0.25, -0.2) is 4.79 Å². The SMILES string of the molecule is C[Si]NC1C(=O)N2C(C(=O)O[Si]C)=C(C)CSC12. The third-order valence-electron chi connectivity index (χ3n) is 2.85. The number of carbonyl (C=O) groups is 2. The molecule has 0 aromatic heterocycles. The Balaban J connectivity index is 2.20. The van der Waals surface area contributed by atoms with E-state index in [-0.39, 0.29) is 33.1 Å². The van der Waals surface area contributed by atoms with Crippen LogP contribution < -0.4 is 4.98 Å². The second-order valence-corrected chi connectivity index (χ2v) is 6.51. The molecular weight excluding hydrogens is 284 g/mol. The molecule has 4 radical (unpaired) electrons. The monoisotopic (exact) mass is 298 g/mol. The largest absolute Gasteiger partial charge is 0.512 e. The van der Waals surface area contributed by atoms with Crippen molar-refractivity contribution < 1.29 is 14.0 Å². The van der Waals surface area contributed by atoms with Gasteiger partial charge in [0.05, 0.1) is 0 Å². The molecule has 18 heavy (non-hydrogen) atoms. The molecule has 1 fully saturated rings. The molecule has 2 atom stereocenters. The van der Waals surface area contributed by atoms with E-state index in [1.54, 1.807) is 23.2 Å². The number of rotatable bonds is 4. The summed E-state index contributed by atoms with van der Waals surface area (Å²) >= 11 is 1.70. The Kier molecular flexibility index (Phi) is 4.30.